The standard InChI is InChI=1S/C34H35F3N4O3/c1-38(2)18-9-19-39(3)33(43)30-17-15-25-22-41(29-13-8-5-10-24(29)21-40(25)30)32(42)23-14-16-27(31(20-23)44-4)26-11-6-7-12-28(26)34(35,36)37/h5-8,10-17,20H,9,18-19,21-22H2,1-4H3. The number of nitrogens with zero attached hydrogens (tertiary/aromatic N) is 4. The van der Waals surface area contributed by atoms with Gasteiger partial charge in [-0.2, -0.15) is 13.2 Å². The molecular formula is C34H35F3N4O3. The quantitative estimate of drug-likeness (QED) is 0.233. The molecule has 0 unspecified atom stereocenters. The maximum atomic E-state index is 14.1. The smallest absolute Gasteiger partial charge is 0.417 e. The third-order valence-electron chi connectivity index (χ3n) is 7.88. The van der Waals surface area contributed by atoms with Crippen molar-refractivity contribution in [3.8, 4) is 16.9 Å². The molecular weight excluding hydrogens is 569 g/mol. The molecule has 7 nitrogen and oxygen atoms in total. The van der Waals surface area contributed by atoms with E-state index in [1.807, 2.05) is 49.0 Å². The minimum Gasteiger partial charge on any atom is -0.496 e. The molecule has 10 heteroatoms. The van der Waals surface area contributed by atoms with Crippen molar-refractivity contribution < 1.29 is 27.5 Å². The van der Waals surface area contributed by atoms with Crippen LogP contribution >= 0.6 is 0 Å². The monoisotopic (exact) mass is 604 g/mol. The molecule has 0 bridgehead atoms. The van der Waals surface area contributed by atoms with Crippen LogP contribution in [-0.4, -0.2) is 67.5 Å². The highest BCUT2D eigenvalue weighted by atomic mass is 19.4. The predicted molar refractivity (Wildman–Crippen MR) is 164 cm³/mol. The molecule has 1 aliphatic heterocycles. The van der Waals surface area contributed by atoms with E-state index in [1.54, 1.807) is 22.9 Å². The highest BCUT2D eigenvalue weighted by Gasteiger charge is 2.34. The molecule has 0 spiro atoms. The maximum absolute atomic E-state index is 14.1. The number of benzene rings is 3. The molecule has 5 rings (SSSR count). The van der Waals surface area contributed by atoms with Crippen LogP contribution in [0.1, 0.15) is 44.1 Å². The molecule has 2 amide bonds. The first kappa shape index (κ1) is 30.9. The summed E-state index contributed by atoms with van der Waals surface area (Å²) < 4.78 is 48.8. The maximum Gasteiger partial charge on any atom is 0.417 e. The first-order chi connectivity index (χ1) is 21.0. The Balaban J connectivity index is 1.48. The van der Waals surface area contributed by atoms with Crippen molar-refractivity contribution in [1.29, 1.82) is 0 Å². The van der Waals surface area contributed by atoms with E-state index in [-0.39, 0.29) is 40.8 Å². The van der Waals surface area contributed by atoms with Gasteiger partial charge >= 0.3 is 6.18 Å². The van der Waals surface area contributed by atoms with Gasteiger partial charge in [0.25, 0.3) is 11.8 Å². The highest BCUT2D eigenvalue weighted by Crippen LogP contribution is 2.41. The molecule has 0 radical (unpaired) electrons. The van der Waals surface area contributed by atoms with E-state index in [9.17, 15) is 22.8 Å². The highest BCUT2D eigenvalue weighted by molar-refractivity contribution is 6.07. The van der Waals surface area contributed by atoms with Crippen molar-refractivity contribution in [1.82, 2.24) is 14.4 Å². The summed E-state index contributed by atoms with van der Waals surface area (Å²) in [5, 5.41) is 0. The fraction of sp³-hybridized carbons (Fsp3) is 0.294. The summed E-state index contributed by atoms with van der Waals surface area (Å²) in [5.41, 5.74) is 2.59. The van der Waals surface area contributed by atoms with Crippen LogP contribution in [0.25, 0.3) is 11.1 Å². The van der Waals surface area contributed by atoms with Gasteiger partial charge in [-0.25, -0.2) is 0 Å². The lowest BCUT2D eigenvalue weighted by Crippen LogP contribution is -2.32. The zero-order valence-electron chi connectivity index (χ0n) is 25.2. The second-order valence-electron chi connectivity index (χ2n) is 11.2. The molecule has 0 fully saturated rings. The fourth-order valence-electron chi connectivity index (χ4n) is 5.62. The second kappa shape index (κ2) is 12.6. The molecule has 1 aromatic heterocycles. The van der Waals surface area contributed by atoms with Crippen molar-refractivity contribution in [2.24, 2.45) is 0 Å². The van der Waals surface area contributed by atoms with Crippen LogP contribution < -0.4 is 9.64 Å². The van der Waals surface area contributed by atoms with Gasteiger partial charge in [0.15, 0.2) is 0 Å². The minimum absolute atomic E-state index is 0.0299. The van der Waals surface area contributed by atoms with Crippen LogP contribution in [0.4, 0.5) is 18.9 Å². The summed E-state index contributed by atoms with van der Waals surface area (Å²) in [4.78, 5) is 33.0. The van der Waals surface area contributed by atoms with E-state index in [1.165, 1.54) is 43.5 Å². The topological polar surface area (TPSA) is 58.0 Å². The van der Waals surface area contributed by atoms with Gasteiger partial charge < -0.3 is 24.0 Å². The number of para-hydroxylation sites is 1. The van der Waals surface area contributed by atoms with Gasteiger partial charge in [-0.1, -0.05) is 36.4 Å². The number of carbonyl (C=O) groups is 2. The van der Waals surface area contributed by atoms with Crippen molar-refractivity contribution in [2.45, 2.75) is 25.7 Å². The van der Waals surface area contributed by atoms with Crippen LogP contribution in [-0.2, 0) is 19.3 Å². The zero-order chi connectivity index (χ0) is 31.6. The van der Waals surface area contributed by atoms with E-state index in [0.717, 1.165) is 30.3 Å². The van der Waals surface area contributed by atoms with Gasteiger partial charge in [-0.15, -0.1) is 0 Å². The molecule has 4 aromatic rings. The van der Waals surface area contributed by atoms with E-state index in [4.69, 9.17) is 4.74 Å². The number of hydrogen-bond acceptors (Lipinski definition) is 4. The Bertz CT molecular complexity index is 1680. The summed E-state index contributed by atoms with van der Waals surface area (Å²) in [5.74, 6) is -0.273. The van der Waals surface area contributed by atoms with Crippen molar-refractivity contribution in [2.75, 3.05) is 46.2 Å². The average molecular weight is 605 g/mol. The first-order valence-corrected chi connectivity index (χ1v) is 14.3. The third kappa shape index (κ3) is 6.21. The number of ether oxygens (including phenoxy) is 1. The average Bonchev–Trinajstić information content (AvgIpc) is 3.32. The van der Waals surface area contributed by atoms with E-state index >= 15 is 0 Å². The minimum atomic E-state index is -4.55. The molecule has 44 heavy (non-hydrogen) atoms. The zero-order valence-corrected chi connectivity index (χ0v) is 25.2. The number of rotatable bonds is 8. The first-order valence-electron chi connectivity index (χ1n) is 14.3. The predicted octanol–water partition coefficient (Wildman–Crippen LogP) is 6.41. The molecule has 0 N–H and O–H groups in total. The number of hydrogen-bond donors (Lipinski definition) is 0. The van der Waals surface area contributed by atoms with Gasteiger partial charge in [-0.3, -0.25) is 9.59 Å². The largest absolute Gasteiger partial charge is 0.496 e. The van der Waals surface area contributed by atoms with E-state index < -0.39 is 11.7 Å². The summed E-state index contributed by atoms with van der Waals surface area (Å²) in [6.07, 6.45) is -3.71. The molecule has 230 valence electrons. The van der Waals surface area contributed by atoms with Crippen molar-refractivity contribution >= 4 is 17.5 Å². The van der Waals surface area contributed by atoms with Gasteiger partial charge in [0.1, 0.15) is 11.4 Å². The number of amides is 2. The molecule has 0 saturated carbocycles. The van der Waals surface area contributed by atoms with Gasteiger partial charge in [-0.05, 0) is 80.7 Å². The van der Waals surface area contributed by atoms with E-state index in [0.29, 0.717) is 24.5 Å². The van der Waals surface area contributed by atoms with Gasteiger partial charge in [0.2, 0.25) is 0 Å². The molecule has 0 atom stereocenters. The van der Waals surface area contributed by atoms with Crippen LogP contribution in [0, 0.1) is 0 Å². The summed E-state index contributed by atoms with van der Waals surface area (Å²) >= 11 is 0. The van der Waals surface area contributed by atoms with Crippen LogP contribution in [0.15, 0.2) is 78.9 Å². The summed E-state index contributed by atoms with van der Waals surface area (Å²) in [7, 11) is 7.16. The Morgan fingerprint density at radius 1 is 0.864 bits per heavy atom. The Labute approximate surface area is 255 Å². The Morgan fingerprint density at radius 3 is 2.32 bits per heavy atom. The number of anilines is 1. The lowest BCUT2D eigenvalue weighted by atomic mass is 9.97. The Kier molecular flexibility index (Phi) is 8.82. The van der Waals surface area contributed by atoms with Crippen molar-refractivity contribution in [3.05, 3.63) is 107 Å². The Hall–Kier alpha value is -4.57. The van der Waals surface area contributed by atoms with Gasteiger partial charge in [0.05, 0.1) is 25.8 Å². The SMILES string of the molecule is COc1cc(C(=O)N2Cc3ccc(C(=O)N(C)CCCN(C)C)n3Cc3ccccc32)ccc1-c1ccccc1C(F)(F)F. The summed E-state index contributed by atoms with van der Waals surface area (Å²) in [6.45, 7) is 2.10. The third-order valence-corrected chi connectivity index (χ3v) is 7.88. The number of carbonyl (C=O) groups excluding carboxylic acids is 2. The van der Waals surface area contributed by atoms with Crippen molar-refractivity contribution in [3.63, 3.8) is 0 Å². The second-order valence-corrected chi connectivity index (χ2v) is 11.2. The molecule has 0 aliphatic carbocycles. The number of aromatic nitrogens is 1. The van der Waals surface area contributed by atoms with E-state index in [2.05, 4.69) is 4.90 Å². The fourth-order valence-corrected chi connectivity index (χ4v) is 5.62. The molecule has 0 saturated heterocycles. The van der Waals surface area contributed by atoms with Crippen LogP contribution in [0.2, 0.25) is 0 Å². The van der Waals surface area contributed by atoms with Gasteiger partial charge in [0, 0.05) is 36.1 Å². The molecule has 2 heterocycles. The number of fused-ring (bicyclic) bond motifs is 2. The number of halogens is 3. The number of methoxy groups -OCH3 is 1. The Morgan fingerprint density at radius 2 is 1.59 bits per heavy atom. The van der Waals surface area contributed by atoms with Crippen LogP contribution in [0.3, 0.4) is 0 Å². The normalized spacial score (nSPS) is 12.9. The summed E-state index contributed by atoms with van der Waals surface area (Å²) in [6, 6.07) is 21.0. The lowest BCUT2D eigenvalue weighted by Gasteiger charge is -2.23. The number of alkyl halides is 3. The van der Waals surface area contributed by atoms with Crippen LogP contribution in [0.5, 0.6) is 5.75 Å². The molecule has 1 aliphatic rings. The molecule has 3 aromatic carbocycles. The lowest BCUT2D eigenvalue weighted by molar-refractivity contribution is -0.137.